The van der Waals surface area contributed by atoms with E-state index in [1.54, 1.807) is 13.0 Å². The number of alkyl halides is 2. The summed E-state index contributed by atoms with van der Waals surface area (Å²) in [5, 5.41) is 10.7. The quantitative estimate of drug-likeness (QED) is 0.395. The molecule has 0 spiro atoms. The normalized spacial score (nSPS) is 10.5. The largest absolute Gasteiger partial charge is 0.450 e. The average molecular weight is 340 g/mol. The van der Waals surface area contributed by atoms with Crippen LogP contribution in [0, 0.1) is 11.3 Å². The number of nitrogens with one attached hydrogen (secondary N) is 3. The van der Waals surface area contributed by atoms with Gasteiger partial charge in [0.25, 0.3) is 5.91 Å². The molecule has 0 aromatic heterocycles. The second kappa shape index (κ2) is 9.62. The summed E-state index contributed by atoms with van der Waals surface area (Å²) >= 11 is 0. The van der Waals surface area contributed by atoms with Crippen LogP contribution in [0.5, 0.6) is 5.75 Å². The van der Waals surface area contributed by atoms with E-state index >= 15 is 0 Å². The first-order valence-corrected chi connectivity index (χ1v) is 6.61. The third-order valence-corrected chi connectivity index (χ3v) is 2.37. The van der Waals surface area contributed by atoms with Crippen molar-refractivity contribution in [3.8, 4) is 11.8 Å². The third kappa shape index (κ3) is 6.61. The number of halogens is 2. The Bertz CT molecular complexity index is 641. The molecule has 10 heteroatoms. The number of imide groups is 1. The lowest BCUT2D eigenvalue weighted by Gasteiger charge is -2.08. The van der Waals surface area contributed by atoms with E-state index in [-0.39, 0.29) is 17.9 Å². The summed E-state index contributed by atoms with van der Waals surface area (Å²) in [6.07, 6.45) is 0.0595. The van der Waals surface area contributed by atoms with E-state index in [2.05, 4.69) is 20.3 Å². The van der Waals surface area contributed by atoms with Crippen LogP contribution >= 0.6 is 0 Å². The van der Waals surface area contributed by atoms with Gasteiger partial charge in [0.2, 0.25) is 0 Å². The van der Waals surface area contributed by atoms with Crippen molar-refractivity contribution in [2.45, 2.75) is 13.5 Å². The molecule has 0 aliphatic carbocycles. The SMILES string of the molecule is CCOC(=O)NC(=O)C(C#N)=CNNc1ccc(OC(F)F)cc1. The van der Waals surface area contributed by atoms with Gasteiger partial charge in [-0.15, -0.1) is 0 Å². The van der Waals surface area contributed by atoms with Crippen LogP contribution in [0.15, 0.2) is 36.0 Å². The van der Waals surface area contributed by atoms with Crippen molar-refractivity contribution in [2.24, 2.45) is 0 Å². The summed E-state index contributed by atoms with van der Waals surface area (Å²) in [5.74, 6) is -0.955. The lowest BCUT2D eigenvalue weighted by molar-refractivity contribution is -0.116. The Morgan fingerprint density at radius 1 is 1.33 bits per heavy atom. The molecule has 0 fully saturated rings. The topological polar surface area (TPSA) is 112 Å². The Kier molecular flexibility index (Phi) is 7.50. The van der Waals surface area contributed by atoms with Gasteiger partial charge in [-0.25, -0.2) is 4.79 Å². The molecule has 1 rings (SSSR count). The van der Waals surface area contributed by atoms with Gasteiger partial charge in [-0.2, -0.15) is 14.0 Å². The number of hydrogen-bond acceptors (Lipinski definition) is 7. The number of nitrogens with zero attached hydrogens (tertiary/aromatic N) is 1. The van der Waals surface area contributed by atoms with E-state index in [9.17, 15) is 18.4 Å². The fraction of sp³-hybridized carbons (Fsp3) is 0.214. The van der Waals surface area contributed by atoms with Crippen LogP contribution in [0.3, 0.4) is 0 Å². The summed E-state index contributed by atoms with van der Waals surface area (Å²) < 4.78 is 32.7. The summed E-state index contributed by atoms with van der Waals surface area (Å²) in [7, 11) is 0. The molecule has 1 aromatic carbocycles. The molecular weight excluding hydrogens is 326 g/mol. The van der Waals surface area contributed by atoms with Crippen LogP contribution in [0.2, 0.25) is 0 Å². The monoisotopic (exact) mass is 340 g/mol. The summed E-state index contributed by atoms with van der Waals surface area (Å²) in [6, 6.07) is 7.08. The minimum Gasteiger partial charge on any atom is -0.450 e. The molecular formula is C14H14F2N4O4. The van der Waals surface area contributed by atoms with Crippen molar-refractivity contribution >= 4 is 17.7 Å². The van der Waals surface area contributed by atoms with Gasteiger partial charge in [-0.1, -0.05) is 0 Å². The highest BCUT2D eigenvalue weighted by Gasteiger charge is 2.13. The van der Waals surface area contributed by atoms with Gasteiger partial charge in [0.05, 0.1) is 12.3 Å². The Hall–Kier alpha value is -3.35. The predicted molar refractivity (Wildman–Crippen MR) is 78.7 cm³/mol. The summed E-state index contributed by atoms with van der Waals surface area (Å²) in [5.41, 5.74) is 5.14. The molecule has 3 N–H and O–H groups in total. The fourth-order valence-corrected chi connectivity index (χ4v) is 1.39. The molecule has 0 aliphatic rings. The smallest absolute Gasteiger partial charge is 0.414 e. The number of carbonyl (C=O) groups is 2. The first-order valence-electron chi connectivity index (χ1n) is 6.61. The Labute approximate surface area is 136 Å². The Morgan fingerprint density at radius 3 is 2.54 bits per heavy atom. The molecule has 1 aromatic rings. The number of alkyl carbamates (subject to hydrolysis) is 1. The maximum absolute atomic E-state index is 12.0. The van der Waals surface area contributed by atoms with E-state index in [0.29, 0.717) is 5.69 Å². The average Bonchev–Trinajstić information content (AvgIpc) is 2.52. The minimum absolute atomic E-state index is 0.0161. The first kappa shape index (κ1) is 18.7. The van der Waals surface area contributed by atoms with E-state index < -0.39 is 18.6 Å². The number of hydrogen-bond donors (Lipinski definition) is 3. The molecule has 128 valence electrons. The predicted octanol–water partition coefficient (Wildman–Crippen LogP) is 1.88. The lowest BCUT2D eigenvalue weighted by Crippen LogP contribution is -2.32. The number of nitriles is 1. The van der Waals surface area contributed by atoms with Gasteiger partial charge in [0, 0.05) is 6.20 Å². The van der Waals surface area contributed by atoms with Gasteiger partial charge < -0.3 is 20.3 Å². The van der Waals surface area contributed by atoms with Crippen LogP contribution in [-0.4, -0.2) is 25.2 Å². The van der Waals surface area contributed by atoms with Crippen molar-refractivity contribution in [3.63, 3.8) is 0 Å². The van der Waals surface area contributed by atoms with Crippen molar-refractivity contribution in [1.82, 2.24) is 10.7 Å². The highest BCUT2D eigenvalue weighted by molar-refractivity contribution is 6.04. The molecule has 0 unspecified atom stereocenters. The maximum atomic E-state index is 12.0. The number of carbonyl (C=O) groups excluding carboxylic acids is 2. The summed E-state index contributed by atoms with van der Waals surface area (Å²) in [4.78, 5) is 22.7. The van der Waals surface area contributed by atoms with Gasteiger partial charge in [0.1, 0.15) is 17.4 Å². The number of amides is 2. The second-order valence-electron chi connectivity index (χ2n) is 4.02. The number of rotatable bonds is 7. The zero-order valence-electron chi connectivity index (χ0n) is 12.5. The van der Waals surface area contributed by atoms with Crippen molar-refractivity contribution in [1.29, 1.82) is 5.26 Å². The van der Waals surface area contributed by atoms with Gasteiger partial charge >= 0.3 is 12.7 Å². The highest BCUT2D eigenvalue weighted by Crippen LogP contribution is 2.17. The fourth-order valence-electron chi connectivity index (χ4n) is 1.39. The van der Waals surface area contributed by atoms with Crippen molar-refractivity contribution in [3.05, 3.63) is 36.0 Å². The van der Waals surface area contributed by atoms with Gasteiger partial charge in [0.15, 0.2) is 0 Å². The van der Waals surface area contributed by atoms with Crippen LogP contribution in [0.4, 0.5) is 19.3 Å². The molecule has 0 heterocycles. The molecule has 0 bridgehead atoms. The number of anilines is 1. The zero-order valence-corrected chi connectivity index (χ0v) is 12.5. The van der Waals surface area contributed by atoms with Crippen LogP contribution in [0.25, 0.3) is 0 Å². The highest BCUT2D eigenvalue weighted by atomic mass is 19.3. The van der Waals surface area contributed by atoms with Gasteiger partial charge in [-0.05, 0) is 31.2 Å². The van der Waals surface area contributed by atoms with E-state index in [4.69, 9.17) is 5.26 Å². The molecule has 24 heavy (non-hydrogen) atoms. The van der Waals surface area contributed by atoms with Crippen molar-refractivity contribution in [2.75, 3.05) is 12.0 Å². The first-order chi connectivity index (χ1) is 11.5. The van der Waals surface area contributed by atoms with E-state index in [1.165, 1.54) is 24.3 Å². The van der Waals surface area contributed by atoms with Gasteiger partial charge in [-0.3, -0.25) is 10.1 Å². The molecule has 0 saturated carbocycles. The maximum Gasteiger partial charge on any atom is 0.414 e. The minimum atomic E-state index is -2.92. The third-order valence-electron chi connectivity index (χ3n) is 2.37. The molecule has 0 aliphatic heterocycles. The lowest BCUT2D eigenvalue weighted by atomic mass is 10.3. The molecule has 0 radical (unpaired) electrons. The molecule has 8 nitrogen and oxygen atoms in total. The van der Waals surface area contributed by atoms with Crippen LogP contribution in [0.1, 0.15) is 6.92 Å². The Balaban J connectivity index is 2.55. The second-order valence-corrected chi connectivity index (χ2v) is 4.02. The molecule has 2 amide bonds. The van der Waals surface area contributed by atoms with Crippen LogP contribution < -0.4 is 20.9 Å². The zero-order chi connectivity index (χ0) is 17.9. The van der Waals surface area contributed by atoms with Crippen LogP contribution in [-0.2, 0) is 9.53 Å². The van der Waals surface area contributed by atoms with E-state index in [0.717, 1.165) is 6.20 Å². The standard InChI is InChI=1S/C14H14F2N4O4/c1-2-23-14(22)19-12(21)9(7-17)8-18-20-10-3-5-11(6-4-10)24-13(15)16/h3-6,8,13,18,20H,2H2,1H3,(H,19,21,22). The van der Waals surface area contributed by atoms with E-state index in [1.807, 2.05) is 5.32 Å². The summed E-state index contributed by atoms with van der Waals surface area (Å²) in [6.45, 7) is -1.27. The number of hydrazine groups is 1. The molecule has 0 saturated heterocycles. The van der Waals surface area contributed by atoms with Crippen molar-refractivity contribution < 1.29 is 27.8 Å². The Morgan fingerprint density at radius 2 is 2.00 bits per heavy atom. The number of ether oxygens (including phenoxy) is 2. The molecule has 0 atom stereocenters. The number of benzene rings is 1.